The Balaban J connectivity index is 1.56. The lowest BCUT2D eigenvalue weighted by Gasteiger charge is -2.22. The Morgan fingerprint density at radius 2 is 1.65 bits per heavy atom. The van der Waals surface area contributed by atoms with Crippen molar-refractivity contribution in [1.29, 1.82) is 0 Å². The van der Waals surface area contributed by atoms with Crippen LogP contribution >= 0.6 is 11.3 Å². The second-order valence-corrected chi connectivity index (χ2v) is 8.01. The summed E-state index contributed by atoms with van der Waals surface area (Å²) in [5.41, 5.74) is 3.44. The minimum absolute atomic E-state index is 0.159. The molecular formula is C21H26N2O2S. The molecule has 26 heavy (non-hydrogen) atoms. The van der Waals surface area contributed by atoms with Crippen LogP contribution in [0.2, 0.25) is 0 Å². The summed E-state index contributed by atoms with van der Waals surface area (Å²) >= 11 is 1.62. The maximum Gasteiger partial charge on any atom is 0.227 e. The molecule has 4 nitrogen and oxygen atoms in total. The van der Waals surface area contributed by atoms with E-state index in [1.807, 2.05) is 27.3 Å². The van der Waals surface area contributed by atoms with E-state index in [2.05, 4.69) is 32.0 Å². The average Bonchev–Trinajstić information content (AvgIpc) is 2.99. The summed E-state index contributed by atoms with van der Waals surface area (Å²) < 4.78 is 0. The van der Waals surface area contributed by atoms with Crippen molar-refractivity contribution in [2.75, 3.05) is 26.2 Å². The van der Waals surface area contributed by atoms with E-state index in [4.69, 9.17) is 0 Å². The zero-order valence-electron chi connectivity index (χ0n) is 15.5. The quantitative estimate of drug-likeness (QED) is 0.829. The lowest BCUT2D eigenvalue weighted by Crippen LogP contribution is -2.38. The smallest absolute Gasteiger partial charge is 0.227 e. The van der Waals surface area contributed by atoms with Crippen LogP contribution in [0.3, 0.4) is 0 Å². The summed E-state index contributed by atoms with van der Waals surface area (Å²) in [5, 5.41) is 2.00. The number of aryl methyl sites for hydroxylation is 2. The van der Waals surface area contributed by atoms with Crippen LogP contribution in [0.5, 0.6) is 0 Å². The lowest BCUT2D eigenvalue weighted by molar-refractivity contribution is -0.132. The van der Waals surface area contributed by atoms with Crippen LogP contribution in [-0.2, 0) is 22.4 Å². The number of amides is 2. The van der Waals surface area contributed by atoms with Crippen molar-refractivity contribution >= 4 is 23.2 Å². The van der Waals surface area contributed by atoms with Crippen LogP contribution in [0.15, 0.2) is 35.7 Å². The van der Waals surface area contributed by atoms with Crippen molar-refractivity contribution < 1.29 is 9.59 Å². The van der Waals surface area contributed by atoms with Gasteiger partial charge in [-0.3, -0.25) is 9.59 Å². The number of nitrogens with zero attached hydrogens (tertiary/aromatic N) is 2. The maximum atomic E-state index is 12.7. The van der Waals surface area contributed by atoms with Crippen LogP contribution in [-0.4, -0.2) is 47.8 Å². The van der Waals surface area contributed by atoms with Gasteiger partial charge in [-0.05, 0) is 42.8 Å². The monoisotopic (exact) mass is 370 g/mol. The molecule has 0 unspecified atom stereocenters. The highest BCUT2D eigenvalue weighted by Gasteiger charge is 2.22. The number of hydrogen-bond donors (Lipinski definition) is 0. The number of carbonyl (C=O) groups excluding carboxylic acids is 2. The number of thiophene rings is 1. The third-order valence-corrected chi connectivity index (χ3v) is 5.83. The standard InChI is InChI=1S/C21H26N2O2S/c1-16-6-7-17(2)18(13-16)14-20(24)22-8-4-9-23(11-10-22)21(25)15-19-5-3-12-26-19/h3,5-7,12-13H,4,8-11,14-15H2,1-2H3. The molecule has 0 saturated carbocycles. The number of hydrogen-bond acceptors (Lipinski definition) is 3. The van der Waals surface area contributed by atoms with Gasteiger partial charge in [0.2, 0.25) is 11.8 Å². The minimum atomic E-state index is 0.159. The van der Waals surface area contributed by atoms with E-state index in [9.17, 15) is 9.59 Å². The van der Waals surface area contributed by atoms with Crippen molar-refractivity contribution in [3.8, 4) is 0 Å². The maximum absolute atomic E-state index is 12.7. The van der Waals surface area contributed by atoms with E-state index in [-0.39, 0.29) is 11.8 Å². The zero-order chi connectivity index (χ0) is 18.5. The fourth-order valence-electron chi connectivity index (χ4n) is 3.36. The summed E-state index contributed by atoms with van der Waals surface area (Å²) in [5.74, 6) is 0.322. The second-order valence-electron chi connectivity index (χ2n) is 6.98. The average molecular weight is 371 g/mol. The van der Waals surface area contributed by atoms with Crippen molar-refractivity contribution in [2.24, 2.45) is 0 Å². The van der Waals surface area contributed by atoms with E-state index >= 15 is 0 Å². The van der Waals surface area contributed by atoms with E-state index in [1.165, 1.54) is 5.56 Å². The number of carbonyl (C=O) groups is 2. The van der Waals surface area contributed by atoms with Gasteiger partial charge in [0.25, 0.3) is 0 Å². The van der Waals surface area contributed by atoms with Crippen LogP contribution in [0.4, 0.5) is 0 Å². The SMILES string of the molecule is Cc1ccc(C)c(CC(=O)N2CCCN(C(=O)Cc3cccs3)CC2)c1. The molecule has 1 aromatic heterocycles. The van der Waals surface area contributed by atoms with Crippen molar-refractivity contribution in [3.63, 3.8) is 0 Å². The van der Waals surface area contributed by atoms with Crippen molar-refractivity contribution in [2.45, 2.75) is 33.1 Å². The van der Waals surface area contributed by atoms with E-state index in [0.717, 1.165) is 35.5 Å². The van der Waals surface area contributed by atoms with Gasteiger partial charge in [-0.15, -0.1) is 11.3 Å². The molecule has 2 aromatic rings. The predicted molar refractivity (Wildman–Crippen MR) is 105 cm³/mol. The summed E-state index contributed by atoms with van der Waals surface area (Å²) in [4.78, 5) is 30.2. The van der Waals surface area contributed by atoms with Crippen LogP contribution in [0.25, 0.3) is 0 Å². The first kappa shape index (κ1) is 18.6. The zero-order valence-corrected chi connectivity index (χ0v) is 16.3. The van der Waals surface area contributed by atoms with Gasteiger partial charge in [-0.1, -0.05) is 29.8 Å². The third kappa shape index (κ3) is 4.73. The predicted octanol–water partition coefficient (Wildman–Crippen LogP) is 3.21. The van der Waals surface area contributed by atoms with Crippen LogP contribution in [0, 0.1) is 13.8 Å². The van der Waals surface area contributed by atoms with Gasteiger partial charge < -0.3 is 9.80 Å². The van der Waals surface area contributed by atoms with Gasteiger partial charge in [0, 0.05) is 31.1 Å². The van der Waals surface area contributed by atoms with Gasteiger partial charge in [-0.2, -0.15) is 0 Å². The van der Waals surface area contributed by atoms with E-state index < -0.39 is 0 Å². The molecule has 2 heterocycles. The molecule has 1 saturated heterocycles. The fraction of sp³-hybridized carbons (Fsp3) is 0.429. The first-order valence-electron chi connectivity index (χ1n) is 9.17. The molecule has 1 aliphatic rings. The minimum Gasteiger partial charge on any atom is -0.341 e. The third-order valence-electron chi connectivity index (χ3n) is 4.95. The van der Waals surface area contributed by atoms with E-state index in [1.54, 1.807) is 11.3 Å². The highest BCUT2D eigenvalue weighted by Crippen LogP contribution is 2.15. The molecular weight excluding hydrogens is 344 g/mol. The molecule has 1 fully saturated rings. The molecule has 0 radical (unpaired) electrons. The molecule has 0 N–H and O–H groups in total. The Bertz CT molecular complexity index is 770. The molecule has 0 bridgehead atoms. The Kier molecular flexibility index (Phi) is 6.09. The number of rotatable bonds is 4. The fourth-order valence-corrected chi connectivity index (χ4v) is 4.05. The number of benzene rings is 1. The normalized spacial score (nSPS) is 15.0. The molecule has 1 aromatic carbocycles. The largest absolute Gasteiger partial charge is 0.341 e. The Morgan fingerprint density at radius 1 is 0.962 bits per heavy atom. The molecule has 0 spiro atoms. The summed E-state index contributed by atoms with van der Waals surface area (Å²) in [7, 11) is 0. The molecule has 1 aliphatic heterocycles. The molecule has 3 rings (SSSR count). The van der Waals surface area contributed by atoms with Gasteiger partial charge in [-0.25, -0.2) is 0 Å². The summed E-state index contributed by atoms with van der Waals surface area (Å²) in [6.07, 6.45) is 1.75. The van der Waals surface area contributed by atoms with Crippen LogP contribution in [0.1, 0.15) is 28.0 Å². The topological polar surface area (TPSA) is 40.6 Å². The summed E-state index contributed by atoms with van der Waals surface area (Å²) in [6.45, 7) is 6.82. The lowest BCUT2D eigenvalue weighted by atomic mass is 10.0. The Hall–Kier alpha value is -2.14. The highest BCUT2D eigenvalue weighted by molar-refractivity contribution is 7.10. The molecule has 2 amide bonds. The van der Waals surface area contributed by atoms with Crippen molar-refractivity contribution in [3.05, 3.63) is 57.3 Å². The van der Waals surface area contributed by atoms with Gasteiger partial charge in [0.1, 0.15) is 0 Å². The molecule has 0 atom stereocenters. The second kappa shape index (κ2) is 8.49. The molecule has 5 heteroatoms. The van der Waals surface area contributed by atoms with Crippen molar-refractivity contribution in [1.82, 2.24) is 9.80 Å². The first-order chi connectivity index (χ1) is 12.5. The van der Waals surface area contributed by atoms with Gasteiger partial charge in [0.05, 0.1) is 12.8 Å². The van der Waals surface area contributed by atoms with Crippen LogP contribution < -0.4 is 0 Å². The Morgan fingerprint density at radius 3 is 2.31 bits per heavy atom. The van der Waals surface area contributed by atoms with E-state index in [0.29, 0.717) is 25.9 Å². The first-order valence-corrected chi connectivity index (χ1v) is 10.0. The van der Waals surface area contributed by atoms with Gasteiger partial charge in [0.15, 0.2) is 0 Å². The summed E-state index contributed by atoms with van der Waals surface area (Å²) in [6, 6.07) is 10.2. The highest BCUT2D eigenvalue weighted by atomic mass is 32.1. The Labute approximate surface area is 159 Å². The molecule has 138 valence electrons. The van der Waals surface area contributed by atoms with Gasteiger partial charge >= 0.3 is 0 Å². The molecule has 0 aliphatic carbocycles.